The lowest BCUT2D eigenvalue weighted by molar-refractivity contribution is 0.209. The van der Waals surface area contributed by atoms with Crippen molar-refractivity contribution in [1.29, 1.82) is 0 Å². The van der Waals surface area contributed by atoms with Crippen LogP contribution in [0.2, 0.25) is 0 Å². The van der Waals surface area contributed by atoms with Crippen molar-refractivity contribution in [3.05, 3.63) is 22.8 Å². The van der Waals surface area contributed by atoms with E-state index in [9.17, 15) is 5.11 Å². The van der Waals surface area contributed by atoms with Crippen molar-refractivity contribution in [2.24, 2.45) is 0 Å². The van der Waals surface area contributed by atoms with Crippen LogP contribution >= 0.6 is 0 Å². The van der Waals surface area contributed by atoms with Crippen molar-refractivity contribution in [3.63, 3.8) is 0 Å². The lowest BCUT2D eigenvalue weighted by atomic mass is 9.93. The molecule has 70 valence electrons. The Hall–Kier alpha value is -0.560. The third-order valence-corrected chi connectivity index (χ3v) is 2.14. The molecule has 1 rings (SSSR count). The first-order valence-corrected chi connectivity index (χ1v) is 4.64. The van der Waals surface area contributed by atoms with Gasteiger partial charge < -0.3 is 5.11 Å². The number of rotatable bonds is 0. The van der Waals surface area contributed by atoms with E-state index >= 15 is 0 Å². The van der Waals surface area contributed by atoms with Gasteiger partial charge in [-0.25, -0.2) is 0 Å². The Labute approximate surface area is 75.8 Å². The number of aliphatic hydroxyl groups is 1. The molecular formula is C11H20O. The summed E-state index contributed by atoms with van der Waals surface area (Å²) < 4.78 is 0. The second-order valence-corrected chi connectivity index (χ2v) is 3.07. The molecule has 0 aromatic heterocycles. The molecule has 1 heteroatoms. The van der Waals surface area contributed by atoms with Gasteiger partial charge in [-0.1, -0.05) is 31.1 Å². The van der Waals surface area contributed by atoms with Gasteiger partial charge in [0.25, 0.3) is 0 Å². The van der Waals surface area contributed by atoms with E-state index in [1.165, 1.54) is 11.1 Å². The van der Waals surface area contributed by atoms with Gasteiger partial charge in [0.1, 0.15) is 0 Å². The second kappa shape index (κ2) is 5.15. The highest BCUT2D eigenvalue weighted by atomic mass is 16.3. The molecular weight excluding hydrogens is 148 g/mol. The Morgan fingerprint density at radius 1 is 1.25 bits per heavy atom. The fourth-order valence-corrected chi connectivity index (χ4v) is 1.17. The predicted molar refractivity (Wildman–Crippen MR) is 54.1 cm³/mol. The highest BCUT2D eigenvalue weighted by molar-refractivity contribution is 5.32. The average molecular weight is 168 g/mol. The number of hydrogen-bond donors (Lipinski definition) is 1. The van der Waals surface area contributed by atoms with E-state index in [2.05, 4.69) is 19.9 Å². The van der Waals surface area contributed by atoms with Gasteiger partial charge in [0, 0.05) is 0 Å². The molecule has 1 unspecified atom stereocenters. The SMILES string of the molecule is CC.CC1=CC(C)=C(C)CC1O. The van der Waals surface area contributed by atoms with Crippen molar-refractivity contribution < 1.29 is 5.11 Å². The van der Waals surface area contributed by atoms with Crippen LogP contribution in [0.25, 0.3) is 0 Å². The van der Waals surface area contributed by atoms with Crippen LogP contribution in [0.4, 0.5) is 0 Å². The molecule has 0 aliphatic heterocycles. The van der Waals surface area contributed by atoms with Gasteiger partial charge in [-0.05, 0) is 32.8 Å². The summed E-state index contributed by atoms with van der Waals surface area (Å²) in [4.78, 5) is 0. The van der Waals surface area contributed by atoms with E-state index in [0.29, 0.717) is 0 Å². The fraction of sp³-hybridized carbons (Fsp3) is 0.636. The molecule has 0 bridgehead atoms. The minimum atomic E-state index is -0.233. The molecule has 0 aromatic carbocycles. The van der Waals surface area contributed by atoms with Gasteiger partial charge in [0.05, 0.1) is 6.10 Å². The third kappa shape index (κ3) is 2.82. The van der Waals surface area contributed by atoms with Gasteiger partial charge in [0.2, 0.25) is 0 Å². The van der Waals surface area contributed by atoms with Crippen molar-refractivity contribution >= 4 is 0 Å². The van der Waals surface area contributed by atoms with E-state index in [1.54, 1.807) is 0 Å². The summed E-state index contributed by atoms with van der Waals surface area (Å²) in [5.74, 6) is 0. The standard InChI is InChI=1S/C9H14O.C2H6/c1-6-4-8(3)9(10)5-7(6)2;1-2/h4,9-10H,5H2,1-3H3;1-2H3. The normalized spacial score (nSPS) is 22.8. The maximum atomic E-state index is 9.36. The maximum Gasteiger partial charge on any atom is 0.0787 e. The van der Waals surface area contributed by atoms with Crippen LogP contribution in [-0.4, -0.2) is 11.2 Å². The summed E-state index contributed by atoms with van der Waals surface area (Å²) >= 11 is 0. The summed E-state index contributed by atoms with van der Waals surface area (Å²) in [5.41, 5.74) is 3.70. The largest absolute Gasteiger partial charge is 0.388 e. The predicted octanol–water partition coefficient (Wildman–Crippen LogP) is 3.06. The highest BCUT2D eigenvalue weighted by Crippen LogP contribution is 2.22. The number of hydrogen-bond acceptors (Lipinski definition) is 1. The molecule has 0 saturated heterocycles. The summed E-state index contributed by atoms with van der Waals surface area (Å²) in [6.07, 6.45) is 2.64. The Morgan fingerprint density at radius 2 is 1.75 bits per heavy atom. The van der Waals surface area contributed by atoms with E-state index in [4.69, 9.17) is 0 Å². The summed E-state index contributed by atoms with van der Waals surface area (Å²) in [7, 11) is 0. The summed E-state index contributed by atoms with van der Waals surface area (Å²) in [5, 5.41) is 9.36. The van der Waals surface area contributed by atoms with E-state index < -0.39 is 0 Å². The van der Waals surface area contributed by atoms with Crippen molar-refractivity contribution in [2.45, 2.75) is 47.1 Å². The molecule has 1 nitrogen and oxygen atoms in total. The summed E-state index contributed by atoms with van der Waals surface area (Å²) in [6.45, 7) is 10.1. The monoisotopic (exact) mass is 168 g/mol. The molecule has 0 amide bonds. The minimum Gasteiger partial charge on any atom is -0.388 e. The van der Waals surface area contributed by atoms with Gasteiger partial charge in [-0.3, -0.25) is 0 Å². The van der Waals surface area contributed by atoms with E-state index in [-0.39, 0.29) is 6.10 Å². The van der Waals surface area contributed by atoms with Gasteiger partial charge in [-0.15, -0.1) is 0 Å². The molecule has 0 aromatic rings. The Kier molecular flexibility index (Phi) is 4.91. The molecule has 12 heavy (non-hydrogen) atoms. The van der Waals surface area contributed by atoms with Crippen LogP contribution in [0, 0.1) is 0 Å². The molecule has 1 atom stereocenters. The zero-order valence-electron chi connectivity index (χ0n) is 8.81. The first kappa shape index (κ1) is 11.4. The van der Waals surface area contributed by atoms with Crippen LogP contribution in [-0.2, 0) is 0 Å². The minimum absolute atomic E-state index is 0.233. The van der Waals surface area contributed by atoms with Gasteiger partial charge in [-0.2, -0.15) is 0 Å². The molecule has 1 N–H and O–H groups in total. The average Bonchev–Trinajstić information content (AvgIpc) is 2.05. The fourth-order valence-electron chi connectivity index (χ4n) is 1.17. The maximum absolute atomic E-state index is 9.36. The molecule has 0 radical (unpaired) electrons. The topological polar surface area (TPSA) is 20.2 Å². The lowest BCUT2D eigenvalue weighted by Crippen LogP contribution is -2.12. The first-order chi connectivity index (χ1) is 5.61. The Bertz CT molecular complexity index is 199. The van der Waals surface area contributed by atoms with Crippen molar-refractivity contribution in [2.75, 3.05) is 0 Å². The van der Waals surface area contributed by atoms with E-state index in [0.717, 1.165) is 12.0 Å². The van der Waals surface area contributed by atoms with Crippen molar-refractivity contribution in [3.8, 4) is 0 Å². The number of allylic oxidation sites excluding steroid dienone is 2. The Morgan fingerprint density at radius 3 is 2.17 bits per heavy atom. The zero-order chi connectivity index (χ0) is 9.72. The van der Waals surface area contributed by atoms with Crippen LogP contribution < -0.4 is 0 Å². The highest BCUT2D eigenvalue weighted by Gasteiger charge is 2.12. The lowest BCUT2D eigenvalue weighted by Gasteiger charge is -2.18. The van der Waals surface area contributed by atoms with E-state index in [1.807, 2.05) is 20.8 Å². The van der Waals surface area contributed by atoms with Gasteiger partial charge >= 0.3 is 0 Å². The van der Waals surface area contributed by atoms with Crippen LogP contribution in [0.1, 0.15) is 41.0 Å². The molecule has 0 fully saturated rings. The summed E-state index contributed by atoms with van der Waals surface area (Å²) in [6, 6.07) is 0. The molecule has 1 aliphatic carbocycles. The second-order valence-electron chi connectivity index (χ2n) is 3.07. The molecule has 0 spiro atoms. The molecule has 0 heterocycles. The van der Waals surface area contributed by atoms with Crippen LogP contribution in [0.15, 0.2) is 22.8 Å². The van der Waals surface area contributed by atoms with Crippen molar-refractivity contribution in [1.82, 2.24) is 0 Å². The van der Waals surface area contributed by atoms with Crippen LogP contribution in [0.5, 0.6) is 0 Å². The quantitative estimate of drug-likeness (QED) is 0.589. The van der Waals surface area contributed by atoms with Gasteiger partial charge in [0.15, 0.2) is 0 Å². The Balaban J connectivity index is 0.000000561. The molecule has 1 aliphatic rings. The third-order valence-electron chi connectivity index (χ3n) is 2.14. The number of aliphatic hydroxyl groups excluding tert-OH is 1. The molecule has 0 saturated carbocycles. The smallest absolute Gasteiger partial charge is 0.0787 e. The zero-order valence-corrected chi connectivity index (χ0v) is 8.81. The first-order valence-electron chi connectivity index (χ1n) is 4.64. The van der Waals surface area contributed by atoms with Crippen LogP contribution in [0.3, 0.4) is 0 Å².